The SMILES string of the molecule is Cc1ccc2nc(C)c(C(=O)NOCc3ccccc3)cc2c1. The summed E-state index contributed by atoms with van der Waals surface area (Å²) < 4.78 is 0. The minimum atomic E-state index is -0.283. The number of hydrogen-bond donors (Lipinski definition) is 1. The van der Waals surface area contributed by atoms with E-state index in [1.54, 1.807) is 0 Å². The molecule has 0 saturated heterocycles. The zero-order valence-electron chi connectivity index (χ0n) is 13.2. The minimum absolute atomic E-state index is 0.283. The predicted molar refractivity (Wildman–Crippen MR) is 89.9 cm³/mol. The van der Waals surface area contributed by atoms with Crippen LogP contribution in [0, 0.1) is 13.8 Å². The number of hydroxylamine groups is 1. The topological polar surface area (TPSA) is 51.2 Å². The van der Waals surface area contributed by atoms with Crippen molar-refractivity contribution in [1.82, 2.24) is 10.5 Å². The fourth-order valence-corrected chi connectivity index (χ4v) is 2.44. The summed E-state index contributed by atoms with van der Waals surface area (Å²) in [6.45, 7) is 4.17. The normalized spacial score (nSPS) is 10.7. The van der Waals surface area contributed by atoms with E-state index in [2.05, 4.69) is 10.5 Å². The first-order valence-corrected chi connectivity index (χ1v) is 7.47. The molecule has 0 spiro atoms. The van der Waals surface area contributed by atoms with Crippen LogP contribution in [0.25, 0.3) is 10.9 Å². The quantitative estimate of drug-likeness (QED) is 0.748. The first kappa shape index (κ1) is 15.2. The van der Waals surface area contributed by atoms with Gasteiger partial charge in [-0.25, -0.2) is 5.48 Å². The summed E-state index contributed by atoms with van der Waals surface area (Å²) >= 11 is 0. The Morgan fingerprint density at radius 1 is 1.09 bits per heavy atom. The van der Waals surface area contributed by atoms with E-state index >= 15 is 0 Å². The van der Waals surface area contributed by atoms with Gasteiger partial charge in [0.2, 0.25) is 0 Å². The van der Waals surface area contributed by atoms with Crippen LogP contribution in [0.1, 0.15) is 27.2 Å². The highest BCUT2D eigenvalue weighted by atomic mass is 16.6. The van der Waals surface area contributed by atoms with Crippen LogP contribution in [0.2, 0.25) is 0 Å². The molecule has 0 atom stereocenters. The van der Waals surface area contributed by atoms with Gasteiger partial charge in [-0.05, 0) is 37.6 Å². The molecule has 2 aromatic carbocycles. The second kappa shape index (κ2) is 6.58. The molecule has 23 heavy (non-hydrogen) atoms. The van der Waals surface area contributed by atoms with Crippen molar-refractivity contribution in [3.63, 3.8) is 0 Å². The van der Waals surface area contributed by atoms with E-state index in [9.17, 15) is 4.79 Å². The van der Waals surface area contributed by atoms with E-state index in [1.807, 2.05) is 68.4 Å². The first-order valence-electron chi connectivity index (χ1n) is 7.47. The van der Waals surface area contributed by atoms with Gasteiger partial charge in [0.1, 0.15) is 0 Å². The summed E-state index contributed by atoms with van der Waals surface area (Å²) in [5, 5.41) is 0.948. The molecule has 0 radical (unpaired) electrons. The van der Waals surface area contributed by atoms with Gasteiger partial charge >= 0.3 is 0 Å². The van der Waals surface area contributed by atoms with Gasteiger partial charge in [0, 0.05) is 5.39 Å². The van der Waals surface area contributed by atoms with Gasteiger partial charge in [-0.2, -0.15) is 0 Å². The van der Waals surface area contributed by atoms with Gasteiger partial charge in [0.05, 0.1) is 23.4 Å². The Hall–Kier alpha value is -2.72. The van der Waals surface area contributed by atoms with Crippen molar-refractivity contribution in [1.29, 1.82) is 0 Å². The summed E-state index contributed by atoms with van der Waals surface area (Å²) in [4.78, 5) is 22.1. The number of amides is 1. The minimum Gasteiger partial charge on any atom is -0.269 e. The van der Waals surface area contributed by atoms with Crippen LogP contribution >= 0.6 is 0 Å². The van der Waals surface area contributed by atoms with Gasteiger partial charge in [-0.15, -0.1) is 0 Å². The van der Waals surface area contributed by atoms with Crippen molar-refractivity contribution >= 4 is 16.8 Å². The molecule has 116 valence electrons. The maximum atomic E-state index is 12.3. The third kappa shape index (κ3) is 3.55. The number of carbonyl (C=O) groups is 1. The molecule has 0 saturated carbocycles. The number of fused-ring (bicyclic) bond motifs is 1. The smallest absolute Gasteiger partial charge is 0.269 e. The molecule has 0 unspecified atom stereocenters. The van der Waals surface area contributed by atoms with E-state index in [0.717, 1.165) is 22.0 Å². The molecule has 4 nitrogen and oxygen atoms in total. The summed E-state index contributed by atoms with van der Waals surface area (Å²) in [6, 6.07) is 17.5. The monoisotopic (exact) mass is 306 g/mol. The Bertz CT molecular complexity index is 845. The summed E-state index contributed by atoms with van der Waals surface area (Å²) in [6.07, 6.45) is 0. The highest BCUT2D eigenvalue weighted by Crippen LogP contribution is 2.18. The molecular formula is C19H18N2O2. The van der Waals surface area contributed by atoms with Crippen molar-refractivity contribution in [2.24, 2.45) is 0 Å². The number of carbonyl (C=O) groups excluding carboxylic acids is 1. The zero-order chi connectivity index (χ0) is 16.2. The standard InChI is InChI=1S/C19H18N2O2/c1-13-8-9-18-16(10-13)11-17(14(2)20-18)19(22)21-23-12-15-6-4-3-5-7-15/h3-11H,12H2,1-2H3,(H,21,22). The molecule has 0 fully saturated rings. The van der Waals surface area contributed by atoms with Gasteiger partial charge < -0.3 is 0 Å². The number of pyridine rings is 1. The molecule has 0 aliphatic carbocycles. The number of aryl methyl sites for hydroxylation is 2. The van der Waals surface area contributed by atoms with Crippen molar-refractivity contribution in [3.05, 3.63) is 77.0 Å². The zero-order valence-corrected chi connectivity index (χ0v) is 13.2. The van der Waals surface area contributed by atoms with Gasteiger partial charge in [-0.1, -0.05) is 42.0 Å². The highest BCUT2D eigenvalue weighted by molar-refractivity contribution is 5.98. The lowest BCUT2D eigenvalue weighted by atomic mass is 10.1. The molecular weight excluding hydrogens is 288 g/mol. The molecule has 4 heteroatoms. The highest BCUT2D eigenvalue weighted by Gasteiger charge is 2.12. The van der Waals surface area contributed by atoms with E-state index in [1.165, 1.54) is 0 Å². The molecule has 3 rings (SSSR count). The predicted octanol–water partition coefficient (Wildman–Crippen LogP) is 3.71. The maximum absolute atomic E-state index is 12.3. The molecule has 1 aromatic heterocycles. The fraction of sp³-hybridized carbons (Fsp3) is 0.158. The third-order valence-electron chi connectivity index (χ3n) is 3.65. The van der Waals surface area contributed by atoms with Crippen molar-refractivity contribution in [2.45, 2.75) is 20.5 Å². The second-order valence-corrected chi connectivity index (χ2v) is 5.52. The van der Waals surface area contributed by atoms with E-state index in [4.69, 9.17) is 4.84 Å². The maximum Gasteiger partial charge on any atom is 0.276 e. The largest absolute Gasteiger partial charge is 0.276 e. The molecule has 1 heterocycles. The van der Waals surface area contributed by atoms with E-state index < -0.39 is 0 Å². The molecule has 3 aromatic rings. The van der Waals surface area contributed by atoms with Crippen molar-refractivity contribution < 1.29 is 9.63 Å². The fourth-order valence-electron chi connectivity index (χ4n) is 2.44. The first-order chi connectivity index (χ1) is 11.1. The Kier molecular flexibility index (Phi) is 4.35. The number of hydrogen-bond acceptors (Lipinski definition) is 3. The lowest BCUT2D eigenvalue weighted by molar-refractivity contribution is 0.0233. The molecule has 0 aliphatic heterocycles. The van der Waals surface area contributed by atoms with Crippen LogP contribution in [0.5, 0.6) is 0 Å². The average Bonchev–Trinajstić information content (AvgIpc) is 2.55. The van der Waals surface area contributed by atoms with Crippen LogP contribution in [-0.2, 0) is 11.4 Å². The van der Waals surface area contributed by atoms with Gasteiger partial charge in [0.25, 0.3) is 5.91 Å². The Balaban J connectivity index is 1.74. The third-order valence-corrected chi connectivity index (χ3v) is 3.65. The van der Waals surface area contributed by atoms with Crippen molar-refractivity contribution in [2.75, 3.05) is 0 Å². The van der Waals surface area contributed by atoms with Gasteiger partial charge in [-0.3, -0.25) is 14.6 Å². The molecule has 1 amide bonds. The lowest BCUT2D eigenvalue weighted by Gasteiger charge is -2.09. The van der Waals surface area contributed by atoms with Crippen LogP contribution in [0.3, 0.4) is 0 Å². The van der Waals surface area contributed by atoms with Crippen LogP contribution in [-0.4, -0.2) is 10.9 Å². The molecule has 1 N–H and O–H groups in total. The van der Waals surface area contributed by atoms with E-state index in [-0.39, 0.29) is 5.91 Å². The lowest BCUT2D eigenvalue weighted by Crippen LogP contribution is -2.24. The van der Waals surface area contributed by atoms with Crippen LogP contribution in [0.4, 0.5) is 0 Å². The van der Waals surface area contributed by atoms with E-state index in [0.29, 0.717) is 17.9 Å². The number of benzene rings is 2. The Labute approximate surface area is 135 Å². The summed E-state index contributed by atoms with van der Waals surface area (Å²) in [5.41, 5.74) is 6.71. The average molecular weight is 306 g/mol. The number of rotatable bonds is 4. The van der Waals surface area contributed by atoms with Crippen LogP contribution < -0.4 is 5.48 Å². The van der Waals surface area contributed by atoms with Crippen LogP contribution in [0.15, 0.2) is 54.6 Å². The summed E-state index contributed by atoms with van der Waals surface area (Å²) in [7, 11) is 0. The van der Waals surface area contributed by atoms with Gasteiger partial charge in [0.15, 0.2) is 0 Å². The number of aromatic nitrogens is 1. The Morgan fingerprint density at radius 2 is 1.87 bits per heavy atom. The van der Waals surface area contributed by atoms with Crippen molar-refractivity contribution in [3.8, 4) is 0 Å². The second-order valence-electron chi connectivity index (χ2n) is 5.52. The Morgan fingerprint density at radius 3 is 2.65 bits per heavy atom. The number of nitrogens with one attached hydrogen (secondary N) is 1. The number of nitrogens with zero attached hydrogens (tertiary/aromatic N) is 1. The summed E-state index contributed by atoms with van der Waals surface area (Å²) in [5.74, 6) is -0.283. The molecule has 0 bridgehead atoms. The molecule has 0 aliphatic rings.